The fourth-order valence-corrected chi connectivity index (χ4v) is 1.42. The molecule has 74 valence electrons. The summed E-state index contributed by atoms with van der Waals surface area (Å²) < 4.78 is 0. The van der Waals surface area contributed by atoms with Gasteiger partial charge in [0.1, 0.15) is 0 Å². The summed E-state index contributed by atoms with van der Waals surface area (Å²) in [6.07, 6.45) is 11.3. The minimum Gasteiger partial charge on any atom is -0.0988 e. The third kappa shape index (κ3) is 4.72. The molecule has 1 rings (SSSR count). The van der Waals surface area contributed by atoms with E-state index in [4.69, 9.17) is 0 Å². The van der Waals surface area contributed by atoms with Crippen LogP contribution >= 0.6 is 0 Å². The third-order valence-corrected chi connectivity index (χ3v) is 1.92. The van der Waals surface area contributed by atoms with Gasteiger partial charge in [-0.2, -0.15) is 0 Å². The first-order chi connectivity index (χ1) is 6.29. The Hall–Kier alpha value is -0.780. The summed E-state index contributed by atoms with van der Waals surface area (Å²) >= 11 is 0. The fraction of sp³-hybridized carbons (Fsp3) is 0.538. The van der Waals surface area contributed by atoms with E-state index in [0.29, 0.717) is 0 Å². The average molecular weight is 178 g/mol. The van der Waals surface area contributed by atoms with Crippen LogP contribution < -0.4 is 0 Å². The molecule has 0 amide bonds. The third-order valence-electron chi connectivity index (χ3n) is 1.92. The van der Waals surface area contributed by atoms with E-state index in [0.717, 1.165) is 0 Å². The van der Waals surface area contributed by atoms with Gasteiger partial charge in [-0.15, -0.1) is 0 Å². The van der Waals surface area contributed by atoms with E-state index >= 15 is 0 Å². The molecule has 0 atom stereocenters. The van der Waals surface area contributed by atoms with Gasteiger partial charge in [-0.05, 0) is 37.3 Å². The van der Waals surface area contributed by atoms with Crippen molar-refractivity contribution in [1.29, 1.82) is 0 Å². The average Bonchev–Trinajstić information content (AvgIpc) is 2.54. The van der Waals surface area contributed by atoms with Crippen molar-refractivity contribution in [3.63, 3.8) is 0 Å². The molecular formula is C13H22. The lowest BCUT2D eigenvalue weighted by atomic mass is 10.1. The summed E-state index contributed by atoms with van der Waals surface area (Å²) in [5.41, 5.74) is 2.93. The van der Waals surface area contributed by atoms with Gasteiger partial charge in [-0.1, -0.05) is 45.1 Å². The van der Waals surface area contributed by atoms with Crippen LogP contribution in [0.25, 0.3) is 0 Å². The lowest BCUT2D eigenvalue weighted by Gasteiger charge is -1.93. The van der Waals surface area contributed by atoms with Crippen LogP contribution in [0, 0.1) is 0 Å². The van der Waals surface area contributed by atoms with Crippen molar-refractivity contribution in [1.82, 2.24) is 0 Å². The molecule has 0 radical (unpaired) electrons. The van der Waals surface area contributed by atoms with Gasteiger partial charge < -0.3 is 0 Å². The van der Waals surface area contributed by atoms with Crippen LogP contribution in [-0.2, 0) is 0 Å². The van der Waals surface area contributed by atoms with E-state index in [-0.39, 0.29) is 0 Å². The largest absolute Gasteiger partial charge is 0.0988 e. The van der Waals surface area contributed by atoms with Gasteiger partial charge in [0.15, 0.2) is 0 Å². The van der Waals surface area contributed by atoms with E-state index in [9.17, 15) is 0 Å². The van der Waals surface area contributed by atoms with E-state index in [1.165, 1.54) is 36.8 Å². The van der Waals surface area contributed by atoms with Crippen molar-refractivity contribution in [2.45, 2.75) is 46.5 Å². The maximum atomic E-state index is 3.78. The predicted octanol–water partition coefficient (Wildman–Crippen LogP) is 4.65. The lowest BCUT2D eigenvalue weighted by Crippen LogP contribution is -1.73. The van der Waals surface area contributed by atoms with E-state index in [2.05, 4.69) is 39.5 Å². The van der Waals surface area contributed by atoms with Crippen molar-refractivity contribution in [2.75, 3.05) is 0 Å². The zero-order valence-electron chi connectivity index (χ0n) is 9.27. The number of hydrogen-bond donors (Lipinski definition) is 0. The lowest BCUT2D eigenvalue weighted by molar-refractivity contribution is 0.906. The Kier molecular flexibility index (Phi) is 7.38. The van der Waals surface area contributed by atoms with Crippen molar-refractivity contribution >= 4 is 0 Å². The van der Waals surface area contributed by atoms with Gasteiger partial charge in [0.05, 0.1) is 0 Å². The zero-order chi connectivity index (χ0) is 10.1. The molecule has 0 heteroatoms. The highest BCUT2D eigenvalue weighted by Gasteiger charge is 2.07. The molecule has 0 nitrogen and oxygen atoms in total. The number of rotatable bonds is 2. The molecule has 0 N–H and O–H groups in total. The van der Waals surface area contributed by atoms with Gasteiger partial charge in [0.2, 0.25) is 0 Å². The molecule has 0 bridgehead atoms. The minimum atomic E-state index is 1.23. The maximum Gasteiger partial charge on any atom is -0.0273 e. The highest BCUT2D eigenvalue weighted by atomic mass is 14.1. The first kappa shape index (κ1) is 12.2. The SMILES string of the molecule is C=CC1=C(/C=C\C)CCC1.CCC. The molecule has 0 saturated carbocycles. The zero-order valence-corrected chi connectivity index (χ0v) is 9.27. The topological polar surface area (TPSA) is 0 Å². The highest BCUT2D eigenvalue weighted by molar-refractivity contribution is 5.35. The molecule has 0 aliphatic heterocycles. The minimum absolute atomic E-state index is 1.23. The van der Waals surface area contributed by atoms with Crippen LogP contribution in [-0.4, -0.2) is 0 Å². The summed E-state index contributed by atoms with van der Waals surface area (Å²) in [6, 6.07) is 0. The molecule has 0 aromatic heterocycles. The Labute approximate surface area is 83.0 Å². The smallest absolute Gasteiger partial charge is 0.0273 e. The van der Waals surface area contributed by atoms with Crippen LogP contribution in [0.5, 0.6) is 0 Å². The second-order valence-electron chi connectivity index (χ2n) is 3.32. The van der Waals surface area contributed by atoms with Gasteiger partial charge in [-0.3, -0.25) is 0 Å². The number of allylic oxidation sites excluding steroid dienone is 5. The van der Waals surface area contributed by atoms with Gasteiger partial charge in [0, 0.05) is 0 Å². The molecule has 0 aromatic rings. The van der Waals surface area contributed by atoms with Crippen LogP contribution in [0.2, 0.25) is 0 Å². The maximum absolute atomic E-state index is 3.78. The molecule has 0 spiro atoms. The predicted molar refractivity (Wildman–Crippen MR) is 61.9 cm³/mol. The highest BCUT2D eigenvalue weighted by Crippen LogP contribution is 2.27. The van der Waals surface area contributed by atoms with Crippen molar-refractivity contribution in [3.05, 3.63) is 36.0 Å². The fourth-order valence-electron chi connectivity index (χ4n) is 1.42. The molecule has 0 aromatic carbocycles. The summed E-state index contributed by atoms with van der Waals surface area (Å²) in [4.78, 5) is 0. The van der Waals surface area contributed by atoms with Crippen LogP contribution in [0.1, 0.15) is 46.5 Å². The molecule has 0 unspecified atom stereocenters. The van der Waals surface area contributed by atoms with Gasteiger partial charge >= 0.3 is 0 Å². The van der Waals surface area contributed by atoms with Crippen LogP contribution in [0.4, 0.5) is 0 Å². The van der Waals surface area contributed by atoms with E-state index < -0.39 is 0 Å². The molecule has 13 heavy (non-hydrogen) atoms. The monoisotopic (exact) mass is 178 g/mol. The summed E-state index contributed by atoms with van der Waals surface area (Å²) in [7, 11) is 0. The molecule has 0 fully saturated rings. The second-order valence-corrected chi connectivity index (χ2v) is 3.32. The Morgan fingerprint density at radius 3 is 2.23 bits per heavy atom. The van der Waals surface area contributed by atoms with Crippen LogP contribution in [0.15, 0.2) is 36.0 Å². The number of hydrogen-bond acceptors (Lipinski definition) is 0. The molecule has 0 saturated heterocycles. The van der Waals surface area contributed by atoms with Gasteiger partial charge in [-0.25, -0.2) is 0 Å². The van der Waals surface area contributed by atoms with Gasteiger partial charge in [0.25, 0.3) is 0 Å². The van der Waals surface area contributed by atoms with Crippen molar-refractivity contribution in [2.24, 2.45) is 0 Å². The van der Waals surface area contributed by atoms with Crippen molar-refractivity contribution in [3.8, 4) is 0 Å². The van der Waals surface area contributed by atoms with E-state index in [1.54, 1.807) is 0 Å². The van der Waals surface area contributed by atoms with Crippen molar-refractivity contribution < 1.29 is 0 Å². The Balaban J connectivity index is 0.000000424. The summed E-state index contributed by atoms with van der Waals surface area (Å²) in [5.74, 6) is 0. The Morgan fingerprint density at radius 1 is 1.23 bits per heavy atom. The Bertz CT molecular complexity index is 194. The quantitative estimate of drug-likeness (QED) is 0.577. The first-order valence-corrected chi connectivity index (χ1v) is 5.27. The summed E-state index contributed by atoms with van der Waals surface area (Å²) in [6.45, 7) is 10.1. The second kappa shape index (κ2) is 7.85. The normalized spacial score (nSPS) is 15.9. The first-order valence-electron chi connectivity index (χ1n) is 5.27. The molecular weight excluding hydrogens is 156 g/mol. The summed E-state index contributed by atoms with van der Waals surface area (Å²) in [5, 5.41) is 0. The van der Waals surface area contributed by atoms with Crippen LogP contribution in [0.3, 0.4) is 0 Å². The Morgan fingerprint density at radius 2 is 1.77 bits per heavy atom. The van der Waals surface area contributed by atoms with E-state index in [1.807, 2.05) is 6.08 Å². The molecule has 0 heterocycles. The molecule has 1 aliphatic rings. The molecule has 1 aliphatic carbocycles. The standard InChI is InChI=1S/C10H14.C3H8/c1-3-6-10-8-5-7-9(10)4-2;1-3-2/h3-4,6H,2,5,7-8H2,1H3;3H2,1-2H3/b6-3-;.